The maximum Gasteiger partial charge on any atom is 0.282 e. The van der Waals surface area contributed by atoms with E-state index in [9.17, 15) is 8.78 Å². The summed E-state index contributed by atoms with van der Waals surface area (Å²) in [4.78, 5) is 0. The van der Waals surface area contributed by atoms with Crippen LogP contribution in [-0.4, -0.2) is 22.4 Å². The largest absolute Gasteiger partial charge is 0.314 e. The molecule has 15 heavy (non-hydrogen) atoms. The zero-order valence-corrected chi connectivity index (χ0v) is 8.71. The van der Waals surface area contributed by atoms with Crippen LogP contribution in [0.3, 0.4) is 0 Å². The standard InChI is InChI=1S/C10H15F2N3/c1-15-6-7(9(14-15)10(11)12)5-8-3-2-4-13-8/h6,8,10,13H,2-5H2,1H3. The molecule has 1 aromatic heterocycles. The summed E-state index contributed by atoms with van der Waals surface area (Å²) in [7, 11) is 1.68. The van der Waals surface area contributed by atoms with Crippen LogP contribution in [0.4, 0.5) is 8.78 Å². The van der Waals surface area contributed by atoms with Crippen molar-refractivity contribution in [2.45, 2.75) is 31.7 Å². The first-order valence-electron chi connectivity index (χ1n) is 5.21. The highest BCUT2D eigenvalue weighted by molar-refractivity contribution is 5.19. The average Bonchev–Trinajstić information content (AvgIpc) is 2.75. The lowest BCUT2D eigenvalue weighted by Crippen LogP contribution is -2.23. The molecular formula is C10H15F2N3. The molecule has 0 radical (unpaired) electrons. The highest BCUT2D eigenvalue weighted by Gasteiger charge is 2.21. The van der Waals surface area contributed by atoms with Gasteiger partial charge in [-0.05, 0) is 25.8 Å². The molecular weight excluding hydrogens is 200 g/mol. The molecule has 0 aromatic carbocycles. The van der Waals surface area contributed by atoms with E-state index in [1.54, 1.807) is 13.2 Å². The maximum atomic E-state index is 12.6. The lowest BCUT2D eigenvalue weighted by atomic mass is 10.1. The van der Waals surface area contributed by atoms with Gasteiger partial charge in [0.2, 0.25) is 0 Å². The molecule has 5 heteroatoms. The van der Waals surface area contributed by atoms with Gasteiger partial charge >= 0.3 is 0 Å². The Morgan fingerprint density at radius 3 is 3.07 bits per heavy atom. The molecule has 1 unspecified atom stereocenters. The van der Waals surface area contributed by atoms with Gasteiger partial charge in [-0.1, -0.05) is 0 Å². The topological polar surface area (TPSA) is 29.9 Å². The fraction of sp³-hybridized carbons (Fsp3) is 0.700. The van der Waals surface area contributed by atoms with Crippen LogP contribution < -0.4 is 5.32 Å². The van der Waals surface area contributed by atoms with E-state index in [1.165, 1.54) is 4.68 Å². The first kappa shape index (κ1) is 10.5. The van der Waals surface area contributed by atoms with Crippen molar-refractivity contribution >= 4 is 0 Å². The summed E-state index contributed by atoms with van der Waals surface area (Å²) < 4.78 is 26.7. The average molecular weight is 215 g/mol. The fourth-order valence-corrected chi connectivity index (χ4v) is 2.09. The normalized spacial score (nSPS) is 21.5. The summed E-state index contributed by atoms with van der Waals surface area (Å²) in [5, 5.41) is 7.09. The quantitative estimate of drug-likeness (QED) is 0.831. The van der Waals surface area contributed by atoms with E-state index < -0.39 is 6.43 Å². The second kappa shape index (κ2) is 4.26. The highest BCUT2D eigenvalue weighted by Crippen LogP contribution is 2.23. The molecule has 1 N–H and O–H groups in total. The van der Waals surface area contributed by atoms with E-state index in [0.29, 0.717) is 18.0 Å². The van der Waals surface area contributed by atoms with Crippen molar-refractivity contribution in [1.82, 2.24) is 15.1 Å². The van der Waals surface area contributed by atoms with Gasteiger partial charge in [-0.25, -0.2) is 8.78 Å². The predicted molar refractivity (Wildman–Crippen MR) is 52.9 cm³/mol. The molecule has 1 fully saturated rings. The highest BCUT2D eigenvalue weighted by atomic mass is 19.3. The summed E-state index contributed by atoms with van der Waals surface area (Å²) in [5.41, 5.74) is 0.609. The van der Waals surface area contributed by atoms with Gasteiger partial charge < -0.3 is 5.32 Å². The zero-order chi connectivity index (χ0) is 10.8. The van der Waals surface area contributed by atoms with Gasteiger partial charge in [-0.15, -0.1) is 0 Å². The molecule has 0 bridgehead atoms. The molecule has 1 aliphatic heterocycles. The number of alkyl halides is 2. The maximum absolute atomic E-state index is 12.6. The minimum absolute atomic E-state index is 0.0637. The third kappa shape index (κ3) is 2.34. The van der Waals surface area contributed by atoms with Crippen LogP contribution >= 0.6 is 0 Å². The van der Waals surface area contributed by atoms with Crippen LogP contribution in [-0.2, 0) is 13.5 Å². The molecule has 2 rings (SSSR count). The van der Waals surface area contributed by atoms with Gasteiger partial charge in [0.05, 0.1) is 0 Å². The van der Waals surface area contributed by atoms with Crippen LogP contribution in [0.2, 0.25) is 0 Å². The van der Waals surface area contributed by atoms with E-state index in [2.05, 4.69) is 10.4 Å². The van der Waals surface area contributed by atoms with Crippen molar-refractivity contribution in [3.05, 3.63) is 17.5 Å². The molecule has 3 nitrogen and oxygen atoms in total. The summed E-state index contributed by atoms with van der Waals surface area (Å²) in [5.74, 6) is 0. The van der Waals surface area contributed by atoms with Gasteiger partial charge in [0, 0.05) is 24.8 Å². The molecule has 2 heterocycles. The van der Waals surface area contributed by atoms with Crippen molar-refractivity contribution in [2.75, 3.05) is 6.54 Å². The smallest absolute Gasteiger partial charge is 0.282 e. The molecule has 0 aliphatic carbocycles. The molecule has 0 amide bonds. The Bertz CT molecular complexity index is 329. The monoisotopic (exact) mass is 215 g/mol. The third-order valence-electron chi connectivity index (χ3n) is 2.77. The Morgan fingerprint density at radius 1 is 1.67 bits per heavy atom. The van der Waals surface area contributed by atoms with Gasteiger partial charge in [0.15, 0.2) is 0 Å². The number of hydrogen-bond donors (Lipinski definition) is 1. The first-order valence-corrected chi connectivity index (χ1v) is 5.21. The van der Waals surface area contributed by atoms with Crippen molar-refractivity contribution in [1.29, 1.82) is 0 Å². The first-order chi connectivity index (χ1) is 7.16. The van der Waals surface area contributed by atoms with Crippen molar-refractivity contribution in [2.24, 2.45) is 7.05 Å². The Hall–Kier alpha value is -0.970. The molecule has 0 saturated carbocycles. The summed E-state index contributed by atoms with van der Waals surface area (Å²) in [6.07, 6.45) is 2.09. The Kier molecular flexibility index (Phi) is 3.00. The Morgan fingerprint density at radius 2 is 2.47 bits per heavy atom. The summed E-state index contributed by atoms with van der Waals surface area (Å²) in [6, 6.07) is 0.340. The second-order valence-corrected chi connectivity index (χ2v) is 4.01. The SMILES string of the molecule is Cn1cc(CC2CCCN2)c(C(F)F)n1. The number of nitrogens with zero attached hydrogens (tertiary/aromatic N) is 2. The molecule has 1 aliphatic rings. The molecule has 84 valence electrons. The minimum Gasteiger partial charge on any atom is -0.314 e. The zero-order valence-electron chi connectivity index (χ0n) is 8.71. The fourth-order valence-electron chi connectivity index (χ4n) is 2.09. The number of rotatable bonds is 3. The molecule has 0 spiro atoms. The Balaban J connectivity index is 2.11. The van der Waals surface area contributed by atoms with E-state index in [0.717, 1.165) is 19.4 Å². The van der Waals surface area contributed by atoms with Gasteiger partial charge in [-0.2, -0.15) is 5.10 Å². The van der Waals surface area contributed by atoms with Crippen LogP contribution in [0.1, 0.15) is 30.5 Å². The van der Waals surface area contributed by atoms with Gasteiger partial charge in [0.1, 0.15) is 5.69 Å². The third-order valence-corrected chi connectivity index (χ3v) is 2.77. The van der Waals surface area contributed by atoms with Crippen molar-refractivity contribution in [3.63, 3.8) is 0 Å². The number of nitrogens with one attached hydrogen (secondary N) is 1. The van der Waals surface area contributed by atoms with E-state index in [-0.39, 0.29) is 5.69 Å². The number of aryl methyl sites for hydroxylation is 1. The number of hydrogen-bond acceptors (Lipinski definition) is 2. The van der Waals surface area contributed by atoms with Gasteiger partial charge in [0.25, 0.3) is 6.43 Å². The van der Waals surface area contributed by atoms with E-state index in [1.807, 2.05) is 0 Å². The minimum atomic E-state index is -2.47. The van der Waals surface area contributed by atoms with Crippen molar-refractivity contribution in [3.8, 4) is 0 Å². The number of halogens is 2. The predicted octanol–water partition coefficient (Wildman–Crippen LogP) is 1.65. The van der Waals surface area contributed by atoms with Gasteiger partial charge in [-0.3, -0.25) is 4.68 Å². The van der Waals surface area contributed by atoms with Crippen molar-refractivity contribution < 1.29 is 8.78 Å². The van der Waals surface area contributed by atoms with Crippen LogP contribution in [0, 0.1) is 0 Å². The van der Waals surface area contributed by atoms with Crippen LogP contribution in [0.5, 0.6) is 0 Å². The summed E-state index contributed by atoms with van der Waals surface area (Å²) >= 11 is 0. The molecule has 1 atom stereocenters. The lowest BCUT2D eigenvalue weighted by Gasteiger charge is -2.09. The second-order valence-electron chi connectivity index (χ2n) is 4.01. The number of aromatic nitrogens is 2. The lowest BCUT2D eigenvalue weighted by molar-refractivity contribution is 0.144. The Labute approximate surface area is 87.5 Å². The molecule has 1 aromatic rings. The summed E-state index contributed by atoms with van der Waals surface area (Å²) in [6.45, 7) is 0.995. The van der Waals surface area contributed by atoms with Crippen LogP contribution in [0.15, 0.2) is 6.20 Å². The van der Waals surface area contributed by atoms with E-state index in [4.69, 9.17) is 0 Å². The van der Waals surface area contributed by atoms with E-state index >= 15 is 0 Å². The van der Waals surface area contributed by atoms with Crippen LogP contribution in [0.25, 0.3) is 0 Å². The molecule has 1 saturated heterocycles.